The van der Waals surface area contributed by atoms with Crippen LogP contribution < -0.4 is 4.74 Å². The number of ether oxygens (including phenoxy) is 2. The molecule has 2 saturated heterocycles. The second kappa shape index (κ2) is 10.9. The van der Waals surface area contributed by atoms with Crippen molar-refractivity contribution in [3.63, 3.8) is 0 Å². The summed E-state index contributed by atoms with van der Waals surface area (Å²) >= 11 is 11.9. The van der Waals surface area contributed by atoms with Crippen LogP contribution >= 0.6 is 23.2 Å². The Hall–Kier alpha value is -2.07. The summed E-state index contributed by atoms with van der Waals surface area (Å²) in [5.74, 6) is -0.455. The van der Waals surface area contributed by atoms with Gasteiger partial charge in [0.05, 0.1) is 23.3 Å². The van der Waals surface area contributed by atoms with Gasteiger partial charge in [-0.3, -0.25) is 4.79 Å². The molecule has 1 spiro atoms. The number of hydrogen-bond acceptors (Lipinski definition) is 7. The summed E-state index contributed by atoms with van der Waals surface area (Å²) in [7, 11) is 1.31. The molecule has 11 heteroatoms. The lowest BCUT2D eigenvalue weighted by Gasteiger charge is -2.37. The molecule has 4 rings (SSSR count). The number of halogens is 2. The van der Waals surface area contributed by atoms with E-state index in [1.807, 2.05) is 0 Å². The van der Waals surface area contributed by atoms with Crippen LogP contribution in [0.5, 0.6) is 5.75 Å². The van der Waals surface area contributed by atoms with Crippen molar-refractivity contribution >= 4 is 41.2 Å². The van der Waals surface area contributed by atoms with Gasteiger partial charge in [0.15, 0.2) is 0 Å². The molecule has 1 saturated carbocycles. The highest BCUT2D eigenvalue weighted by molar-refractivity contribution is 6.42. The molecule has 0 radical (unpaired) electrons. The summed E-state index contributed by atoms with van der Waals surface area (Å²) < 4.78 is 10.4. The number of carbonyl (C=O) groups is 3. The molecule has 1 aromatic rings. The Morgan fingerprint density at radius 2 is 1.91 bits per heavy atom. The second-order valence-electron chi connectivity index (χ2n) is 9.52. The van der Waals surface area contributed by atoms with Crippen LogP contribution in [0.3, 0.4) is 0 Å². The number of amides is 2. The number of aliphatic hydroxyl groups excluding tert-OH is 1. The van der Waals surface area contributed by atoms with Crippen molar-refractivity contribution in [2.24, 2.45) is 5.41 Å². The standard InChI is InChI=1S/C24H31Cl2N3O6/c1-34-22(32)19(4-9-27-11-8-24(6-7-24)20(30)15-27)29-13-12-28(10-5-21(29)31)23(33)35-16-2-3-17(25)18(26)14-16/h2-3,14,19-20,30H,4-13,15H2,1H3. The van der Waals surface area contributed by atoms with Crippen molar-refractivity contribution in [2.75, 3.05) is 46.4 Å². The van der Waals surface area contributed by atoms with E-state index in [2.05, 4.69) is 4.90 Å². The first-order valence-electron chi connectivity index (χ1n) is 11.9. The third-order valence-corrected chi connectivity index (χ3v) is 8.14. The molecule has 192 valence electrons. The van der Waals surface area contributed by atoms with Gasteiger partial charge in [0.25, 0.3) is 0 Å². The van der Waals surface area contributed by atoms with Gasteiger partial charge in [-0.15, -0.1) is 0 Å². The lowest BCUT2D eigenvalue weighted by atomic mass is 9.90. The zero-order valence-corrected chi connectivity index (χ0v) is 21.3. The van der Waals surface area contributed by atoms with Crippen LogP contribution in [0.2, 0.25) is 10.0 Å². The first-order valence-corrected chi connectivity index (χ1v) is 12.7. The smallest absolute Gasteiger partial charge is 0.415 e. The Balaban J connectivity index is 1.35. The number of methoxy groups -OCH3 is 1. The fraction of sp³-hybridized carbons (Fsp3) is 0.625. The van der Waals surface area contributed by atoms with Crippen molar-refractivity contribution in [2.45, 2.75) is 44.2 Å². The zero-order valence-electron chi connectivity index (χ0n) is 19.8. The van der Waals surface area contributed by atoms with E-state index in [1.54, 1.807) is 0 Å². The van der Waals surface area contributed by atoms with Crippen LogP contribution in [0, 0.1) is 5.41 Å². The van der Waals surface area contributed by atoms with Crippen molar-refractivity contribution in [1.29, 1.82) is 0 Å². The Morgan fingerprint density at radius 1 is 1.14 bits per heavy atom. The third-order valence-electron chi connectivity index (χ3n) is 7.41. The zero-order chi connectivity index (χ0) is 25.2. The minimum atomic E-state index is -0.757. The fourth-order valence-corrected chi connectivity index (χ4v) is 5.21. The highest BCUT2D eigenvalue weighted by atomic mass is 35.5. The van der Waals surface area contributed by atoms with Gasteiger partial charge in [-0.2, -0.15) is 0 Å². The fourth-order valence-electron chi connectivity index (χ4n) is 4.92. The number of piperidine rings is 1. The van der Waals surface area contributed by atoms with E-state index < -0.39 is 18.1 Å². The van der Waals surface area contributed by atoms with E-state index in [1.165, 1.54) is 35.1 Å². The predicted octanol–water partition coefficient (Wildman–Crippen LogP) is 2.81. The lowest BCUT2D eigenvalue weighted by Crippen LogP contribution is -2.50. The quantitative estimate of drug-likeness (QED) is 0.567. The Labute approximate surface area is 214 Å². The molecule has 1 aliphatic carbocycles. The predicted molar refractivity (Wildman–Crippen MR) is 130 cm³/mol. The third kappa shape index (κ3) is 6.02. The Kier molecular flexibility index (Phi) is 8.10. The van der Waals surface area contributed by atoms with Gasteiger partial charge in [0.2, 0.25) is 5.91 Å². The number of nitrogens with zero attached hydrogens (tertiary/aromatic N) is 3. The van der Waals surface area contributed by atoms with Crippen LogP contribution in [0.4, 0.5) is 4.79 Å². The Bertz CT molecular complexity index is 973. The van der Waals surface area contributed by atoms with Crippen molar-refractivity contribution in [1.82, 2.24) is 14.7 Å². The van der Waals surface area contributed by atoms with E-state index in [-0.39, 0.29) is 54.3 Å². The number of esters is 1. The maximum atomic E-state index is 12.9. The highest BCUT2D eigenvalue weighted by Crippen LogP contribution is 2.53. The monoisotopic (exact) mass is 527 g/mol. The summed E-state index contributed by atoms with van der Waals surface area (Å²) in [4.78, 5) is 43.3. The van der Waals surface area contributed by atoms with E-state index >= 15 is 0 Å². The molecule has 2 atom stereocenters. The molecule has 2 heterocycles. The summed E-state index contributed by atoms with van der Waals surface area (Å²) in [6.45, 7) is 2.58. The van der Waals surface area contributed by atoms with E-state index in [4.69, 9.17) is 32.7 Å². The number of hydrogen-bond donors (Lipinski definition) is 1. The molecule has 0 aromatic heterocycles. The van der Waals surface area contributed by atoms with Gasteiger partial charge in [-0.05, 0) is 49.8 Å². The molecule has 35 heavy (non-hydrogen) atoms. The maximum Gasteiger partial charge on any atom is 0.415 e. The number of carbonyl (C=O) groups excluding carboxylic acids is 3. The van der Waals surface area contributed by atoms with Gasteiger partial charge in [0.1, 0.15) is 11.8 Å². The van der Waals surface area contributed by atoms with Gasteiger partial charge in [-0.1, -0.05) is 23.2 Å². The largest absolute Gasteiger partial charge is 0.467 e. The lowest BCUT2D eigenvalue weighted by molar-refractivity contribution is -0.153. The minimum Gasteiger partial charge on any atom is -0.467 e. The van der Waals surface area contributed by atoms with Gasteiger partial charge >= 0.3 is 12.1 Å². The average Bonchev–Trinajstić information content (AvgIpc) is 3.64. The van der Waals surface area contributed by atoms with Crippen molar-refractivity contribution in [3.8, 4) is 5.75 Å². The highest BCUT2D eigenvalue weighted by Gasteiger charge is 2.51. The van der Waals surface area contributed by atoms with Crippen molar-refractivity contribution < 1.29 is 29.0 Å². The molecule has 3 fully saturated rings. The Morgan fingerprint density at radius 3 is 2.57 bits per heavy atom. The molecule has 3 aliphatic rings. The molecular weight excluding hydrogens is 497 g/mol. The minimum absolute atomic E-state index is 0.0644. The SMILES string of the molecule is COC(=O)C(CCN1CCC2(CC2)C(O)C1)N1CCN(C(=O)Oc2ccc(Cl)c(Cl)c2)CCC1=O. The van der Waals surface area contributed by atoms with Crippen LogP contribution in [0.15, 0.2) is 18.2 Å². The molecule has 1 N–H and O–H groups in total. The number of rotatable bonds is 6. The first kappa shape index (κ1) is 26.0. The van der Waals surface area contributed by atoms with Gasteiger partial charge < -0.3 is 29.3 Å². The van der Waals surface area contributed by atoms with Crippen LogP contribution in [-0.2, 0) is 14.3 Å². The van der Waals surface area contributed by atoms with Crippen LogP contribution in [0.25, 0.3) is 0 Å². The second-order valence-corrected chi connectivity index (χ2v) is 10.3. The summed E-state index contributed by atoms with van der Waals surface area (Å²) in [5.41, 5.74) is 0.106. The molecule has 0 bridgehead atoms. The molecule has 2 amide bonds. The van der Waals surface area contributed by atoms with Crippen molar-refractivity contribution in [3.05, 3.63) is 28.2 Å². The summed E-state index contributed by atoms with van der Waals surface area (Å²) in [6.07, 6.45) is 2.63. The van der Waals surface area contributed by atoms with E-state index in [0.717, 1.165) is 25.8 Å². The average molecular weight is 528 g/mol. The van der Waals surface area contributed by atoms with E-state index in [0.29, 0.717) is 24.5 Å². The maximum absolute atomic E-state index is 12.9. The molecular formula is C24H31Cl2N3O6. The molecule has 9 nitrogen and oxygen atoms in total. The normalized spacial score (nSPS) is 23.1. The van der Waals surface area contributed by atoms with Crippen LogP contribution in [-0.4, -0.2) is 96.3 Å². The molecule has 2 unspecified atom stereocenters. The van der Waals surface area contributed by atoms with Gasteiger partial charge in [-0.25, -0.2) is 9.59 Å². The van der Waals surface area contributed by atoms with E-state index in [9.17, 15) is 19.5 Å². The number of likely N-dealkylation sites (tertiary alicyclic amines) is 1. The first-order chi connectivity index (χ1) is 16.7. The molecule has 1 aromatic carbocycles. The number of aliphatic hydroxyl groups is 1. The number of β-amino-alcohol motifs (C(OH)–C–C–N with tert-alkyl or cyclic N) is 1. The van der Waals surface area contributed by atoms with Gasteiger partial charge in [0, 0.05) is 45.2 Å². The number of benzene rings is 1. The summed E-state index contributed by atoms with van der Waals surface area (Å²) in [5, 5.41) is 11.1. The topological polar surface area (TPSA) is 99.6 Å². The summed E-state index contributed by atoms with van der Waals surface area (Å²) in [6, 6.07) is 3.77. The van der Waals surface area contributed by atoms with Crippen LogP contribution in [0.1, 0.15) is 32.1 Å². The molecule has 2 aliphatic heterocycles.